The predicted molar refractivity (Wildman–Crippen MR) is 72.1 cm³/mol. The molecule has 0 aromatic carbocycles. The average molecular weight is 292 g/mol. The molecule has 2 aromatic rings. The van der Waals surface area contributed by atoms with E-state index in [1.807, 2.05) is 0 Å². The topological polar surface area (TPSA) is 122 Å². The number of ether oxygens (including phenoxy) is 1. The van der Waals surface area contributed by atoms with Crippen LogP contribution in [-0.2, 0) is 4.74 Å². The maximum Gasteiger partial charge on any atom is 0.167 e. The SMILES string of the molecule is Nc1ncnc2c1ncn2[C@@H]1O[C@H](CN2CC2)C(O)[C@@H]1O. The molecule has 4 atom stereocenters. The largest absolute Gasteiger partial charge is 0.387 e. The molecule has 112 valence electrons. The fraction of sp³-hybridized carbons (Fsp3) is 0.583. The molecule has 1 unspecified atom stereocenters. The minimum absolute atomic E-state index is 0.271. The molecular formula is C12H16N6O3. The molecular weight excluding hydrogens is 276 g/mol. The monoisotopic (exact) mass is 292 g/mol. The summed E-state index contributed by atoms with van der Waals surface area (Å²) < 4.78 is 7.40. The fourth-order valence-corrected chi connectivity index (χ4v) is 2.67. The van der Waals surface area contributed by atoms with Gasteiger partial charge in [0.05, 0.1) is 6.33 Å². The first-order valence-electron chi connectivity index (χ1n) is 6.82. The Morgan fingerprint density at radius 1 is 1.24 bits per heavy atom. The molecule has 2 fully saturated rings. The number of nitrogens with two attached hydrogens (primary N) is 1. The number of nitrogens with zero attached hydrogens (tertiary/aromatic N) is 5. The zero-order chi connectivity index (χ0) is 14.6. The Balaban J connectivity index is 1.66. The highest BCUT2D eigenvalue weighted by atomic mass is 16.6. The van der Waals surface area contributed by atoms with Crippen LogP contribution in [0, 0.1) is 0 Å². The summed E-state index contributed by atoms with van der Waals surface area (Å²) >= 11 is 0. The first-order valence-corrected chi connectivity index (χ1v) is 6.82. The molecule has 2 aromatic heterocycles. The summed E-state index contributed by atoms with van der Waals surface area (Å²) in [5.41, 5.74) is 6.68. The molecule has 2 aliphatic heterocycles. The molecule has 4 heterocycles. The number of fused-ring (bicyclic) bond motifs is 1. The summed E-state index contributed by atoms with van der Waals surface area (Å²) in [6, 6.07) is 0. The Morgan fingerprint density at radius 3 is 2.81 bits per heavy atom. The van der Waals surface area contributed by atoms with E-state index in [0.29, 0.717) is 17.7 Å². The Kier molecular flexibility index (Phi) is 2.82. The van der Waals surface area contributed by atoms with Gasteiger partial charge in [-0.3, -0.25) is 9.47 Å². The Hall–Kier alpha value is -1.81. The summed E-state index contributed by atoms with van der Waals surface area (Å²) in [5, 5.41) is 20.4. The lowest BCUT2D eigenvalue weighted by Gasteiger charge is -2.16. The van der Waals surface area contributed by atoms with E-state index in [4.69, 9.17) is 10.5 Å². The molecule has 0 radical (unpaired) electrons. The van der Waals surface area contributed by atoms with E-state index in [2.05, 4.69) is 19.9 Å². The number of rotatable bonds is 3. The Labute approximate surface area is 120 Å². The maximum atomic E-state index is 10.2. The van der Waals surface area contributed by atoms with Crippen molar-refractivity contribution in [3.05, 3.63) is 12.7 Å². The standard InChI is InChI=1S/C12H16N6O3/c13-10-7-11(15-4-14-10)18(5-16-7)12-9(20)8(19)6(21-12)3-17-1-2-17/h4-6,8-9,12,19-20H,1-3H2,(H2,13,14,15)/t6-,8?,9+,12-/m1/s1. The lowest BCUT2D eigenvalue weighted by molar-refractivity contribution is -0.0375. The molecule has 0 saturated carbocycles. The van der Waals surface area contributed by atoms with Crippen LogP contribution >= 0.6 is 0 Å². The van der Waals surface area contributed by atoms with Gasteiger partial charge in [-0.1, -0.05) is 0 Å². The molecule has 4 rings (SSSR count). The van der Waals surface area contributed by atoms with Crippen molar-refractivity contribution in [2.75, 3.05) is 25.4 Å². The highest BCUT2D eigenvalue weighted by Gasteiger charge is 2.45. The van der Waals surface area contributed by atoms with E-state index in [0.717, 1.165) is 13.1 Å². The van der Waals surface area contributed by atoms with E-state index in [-0.39, 0.29) is 5.82 Å². The van der Waals surface area contributed by atoms with Crippen LogP contribution in [0.4, 0.5) is 5.82 Å². The third kappa shape index (κ3) is 2.05. The first-order chi connectivity index (χ1) is 10.1. The van der Waals surface area contributed by atoms with E-state index >= 15 is 0 Å². The molecule has 0 spiro atoms. The highest BCUT2D eigenvalue weighted by molar-refractivity contribution is 5.81. The smallest absolute Gasteiger partial charge is 0.167 e. The molecule has 4 N–H and O–H groups in total. The van der Waals surface area contributed by atoms with Crippen LogP contribution < -0.4 is 5.73 Å². The van der Waals surface area contributed by atoms with Crippen LogP contribution in [0.2, 0.25) is 0 Å². The number of anilines is 1. The number of aliphatic hydroxyl groups excluding tert-OH is 2. The van der Waals surface area contributed by atoms with E-state index in [9.17, 15) is 10.2 Å². The van der Waals surface area contributed by atoms with E-state index in [1.165, 1.54) is 12.7 Å². The predicted octanol–water partition coefficient (Wildman–Crippen LogP) is -1.66. The summed E-state index contributed by atoms with van der Waals surface area (Å²) in [6.07, 6.45) is -0.305. The van der Waals surface area contributed by atoms with Gasteiger partial charge in [0.15, 0.2) is 17.7 Å². The normalized spacial score (nSPS) is 32.9. The minimum Gasteiger partial charge on any atom is -0.387 e. The van der Waals surface area contributed by atoms with E-state index in [1.54, 1.807) is 4.57 Å². The van der Waals surface area contributed by atoms with Gasteiger partial charge in [0, 0.05) is 19.6 Å². The fourth-order valence-electron chi connectivity index (χ4n) is 2.67. The van der Waals surface area contributed by atoms with Gasteiger partial charge >= 0.3 is 0 Å². The van der Waals surface area contributed by atoms with Crippen LogP contribution in [0.25, 0.3) is 11.2 Å². The maximum absolute atomic E-state index is 10.2. The van der Waals surface area contributed by atoms with Crippen LogP contribution in [0.1, 0.15) is 6.23 Å². The molecule has 9 heteroatoms. The molecule has 21 heavy (non-hydrogen) atoms. The van der Waals surface area contributed by atoms with Crippen LogP contribution in [0.15, 0.2) is 12.7 Å². The van der Waals surface area contributed by atoms with Gasteiger partial charge in [-0.05, 0) is 0 Å². The van der Waals surface area contributed by atoms with Crippen molar-refractivity contribution in [3.63, 3.8) is 0 Å². The second kappa shape index (κ2) is 4.60. The summed E-state index contributed by atoms with van der Waals surface area (Å²) in [4.78, 5) is 14.3. The molecule has 0 bridgehead atoms. The van der Waals surface area contributed by atoms with Crippen LogP contribution in [-0.4, -0.2) is 72.6 Å². The molecule has 9 nitrogen and oxygen atoms in total. The Bertz CT molecular complexity index is 672. The van der Waals surface area contributed by atoms with Crippen LogP contribution in [0.3, 0.4) is 0 Å². The lowest BCUT2D eigenvalue weighted by atomic mass is 10.1. The van der Waals surface area contributed by atoms with Crippen molar-refractivity contribution in [1.82, 2.24) is 24.4 Å². The quantitative estimate of drug-likeness (QED) is 0.575. The molecule has 0 aliphatic carbocycles. The Morgan fingerprint density at radius 2 is 2.05 bits per heavy atom. The van der Waals surface area contributed by atoms with Crippen LogP contribution in [0.5, 0.6) is 0 Å². The third-order valence-electron chi connectivity index (χ3n) is 3.98. The minimum atomic E-state index is -1.04. The molecule has 0 amide bonds. The average Bonchev–Trinajstić information content (AvgIpc) is 3.12. The van der Waals surface area contributed by atoms with Gasteiger partial charge in [0.1, 0.15) is 30.2 Å². The van der Waals surface area contributed by atoms with Gasteiger partial charge in [-0.2, -0.15) is 0 Å². The van der Waals surface area contributed by atoms with Gasteiger partial charge in [-0.15, -0.1) is 0 Å². The number of aromatic nitrogens is 4. The molecule has 2 saturated heterocycles. The molecule has 2 aliphatic rings. The summed E-state index contributed by atoms with van der Waals surface area (Å²) in [7, 11) is 0. The number of hydrogen-bond acceptors (Lipinski definition) is 8. The van der Waals surface area contributed by atoms with Crippen molar-refractivity contribution >= 4 is 17.0 Å². The highest BCUT2D eigenvalue weighted by Crippen LogP contribution is 2.32. The van der Waals surface area contributed by atoms with E-state index < -0.39 is 24.5 Å². The van der Waals surface area contributed by atoms with Crippen molar-refractivity contribution in [3.8, 4) is 0 Å². The first kappa shape index (κ1) is 12.9. The van der Waals surface area contributed by atoms with Gasteiger partial charge < -0.3 is 20.7 Å². The van der Waals surface area contributed by atoms with Gasteiger partial charge in [0.25, 0.3) is 0 Å². The van der Waals surface area contributed by atoms with Crippen molar-refractivity contribution in [2.24, 2.45) is 0 Å². The zero-order valence-electron chi connectivity index (χ0n) is 11.2. The second-order valence-electron chi connectivity index (χ2n) is 5.43. The number of imidazole rings is 1. The number of hydrogen-bond donors (Lipinski definition) is 3. The van der Waals surface area contributed by atoms with Gasteiger partial charge in [0.2, 0.25) is 0 Å². The van der Waals surface area contributed by atoms with Crippen molar-refractivity contribution in [2.45, 2.75) is 24.5 Å². The summed E-state index contributed by atoms with van der Waals surface area (Å²) in [5.74, 6) is 0.271. The lowest BCUT2D eigenvalue weighted by Crippen LogP contribution is -2.35. The number of aliphatic hydroxyl groups is 2. The van der Waals surface area contributed by atoms with Crippen molar-refractivity contribution in [1.29, 1.82) is 0 Å². The van der Waals surface area contributed by atoms with Crippen molar-refractivity contribution < 1.29 is 14.9 Å². The summed E-state index contributed by atoms with van der Waals surface area (Å²) in [6.45, 7) is 2.62. The van der Waals surface area contributed by atoms with Gasteiger partial charge in [-0.25, -0.2) is 15.0 Å². The second-order valence-corrected chi connectivity index (χ2v) is 5.43. The third-order valence-corrected chi connectivity index (χ3v) is 3.98. The zero-order valence-corrected chi connectivity index (χ0v) is 11.2. The number of nitrogen functional groups attached to an aromatic ring is 1.